The molecule has 5 N–H and O–H groups in total. The van der Waals surface area contributed by atoms with Gasteiger partial charge in [0.1, 0.15) is 6.10 Å². The van der Waals surface area contributed by atoms with Gasteiger partial charge in [0, 0.05) is 0 Å². The van der Waals surface area contributed by atoms with Gasteiger partial charge in [-0.05, 0) is 6.92 Å². The van der Waals surface area contributed by atoms with Crippen LogP contribution in [0.15, 0.2) is 0 Å². The monoisotopic (exact) mass is 107 g/mol. The van der Waals surface area contributed by atoms with Crippen LogP contribution in [0, 0.1) is 0 Å². The second-order valence-electron chi connectivity index (χ2n) is 1.01. The second kappa shape index (κ2) is 3.58. The zero-order chi connectivity index (χ0) is 5.15. The molecule has 0 amide bonds. The maximum Gasteiger partial charge on any atom is 0.332 e. The van der Waals surface area contributed by atoms with Gasteiger partial charge in [0.05, 0.1) is 0 Å². The van der Waals surface area contributed by atoms with Crippen molar-refractivity contribution in [2.24, 2.45) is 0 Å². The third-order valence-corrected chi connectivity index (χ3v) is 0.357. The molecule has 0 heterocycles. The highest BCUT2D eigenvalue weighted by atomic mass is 16.4. The predicted molar refractivity (Wildman–Crippen MR) is 24.3 cm³/mol. The van der Waals surface area contributed by atoms with Crippen molar-refractivity contribution >= 4 is 5.97 Å². The maximum absolute atomic E-state index is 9.45. The molecule has 0 aromatic heterocycles. The third kappa shape index (κ3) is 5.39. The molecule has 4 nitrogen and oxygen atoms in total. The SMILES string of the molecule is CC(O)C(=O)O.N. The molecule has 1 unspecified atom stereocenters. The van der Waals surface area contributed by atoms with Crippen molar-refractivity contribution in [2.45, 2.75) is 13.0 Å². The van der Waals surface area contributed by atoms with Crippen LogP contribution in [0.5, 0.6) is 0 Å². The van der Waals surface area contributed by atoms with Crippen LogP contribution < -0.4 is 6.15 Å². The maximum atomic E-state index is 9.45. The van der Waals surface area contributed by atoms with E-state index in [-0.39, 0.29) is 6.15 Å². The fourth-order valence-corrected chi connectivity index (χ4v) is 0. The standard InChI is InChI=1S/C3H6O3.H3N/c1-2(4)3(5)6;/h2,4H,1H3,(H,5,6);1H3. The van der Waals surface area contributed by atoms with E-state index >= 15 is 0 Å². The van der Waals surface area contributed by atoms with Gasteiger partial charge in [0.2, 0.25) is 0 Å². The lowest BCUT2D eigenvalue weighted by molar-refractivity contribution is -0.145. The molecule has 1 atom stereocenters. The molecule has 4 heteroatoms. The first-order valence-electron chi connectivity index (χ1n) is 1.55. The minimum atomic E-state index is -1.23. The van der Waals surface area contributed by atoms with Crippen LogP contribution in [-0.2, 0) is 4.79 Å². The van der Waals surface area contributed by atoms with Crippen molar-refractivity contribution < 1.29 is 15.0 Å². The first kappa shape index (κ1) is 9.63. The van der Waals surface area contributed by atoms with Gasteiger partial charge in [-0.1, -0.05) is 0 Å². The average molecular weight is 107 g/mol. The molecule has 0 saturated heterocycles. The summed E-state index contributed by atoms with van der Waals surface area (Å²) < 4.78 is 0. The minimum Gasteiger partial charge on any atom is -0.479 e. The molecule has 0 rings (SSSR count). The summed E-state index contributed by atoms with van der Waals surface area (Å²) in [5.41, 5.74) is 0. The molecule has 0 aromatic carbocycles. The lowest BCUT2D eigenvalue weighted by atomic mass is 10.4. The van der Waals surface area contributed by atoms with Crippen LogP contribution in [-0.4, -0.2) is 22.3 Å². The minimum absolute atomic E-state index is 0. The van der Waals surface area contributed by atoms with E-state index in [0.29, 0.717) is 0 Å². The van der Waals surface area contributed by atoms with Crippen LogP contribution >= 0.6 is 0 Å². The van der Waals surface area contributed by atoms with E-state index in [1.165, 1.54) is 6.92 Å². The molecule has 0 aromatic rings. The Bertz CT molecular complexity index is 61.2. The van der Waals surface area contributed by atoms with E-state index in [1.54, 1.807) is 0 Å². The van der Waals surface area contributed by atoms with Crippen LogP contribution in [0.3, 0.4) is 0 Å². The molecular weight excluding hydrogens is 98.0 g/mol. The fourth-order valence-electron chi connectivity index (χ4n) is 0. The van der Waals surface area contributed by atoms with Gasteiger partial charge in [-0.3, -0.25) is 0 Å². The summed E-state index contributed by atoms with van der Waals surface area (Å²) in [4.78, 5) is 9.45. The van der Waals surface area contributed by atoms with E-state index < -0.39 is 12.1 Å². The largest absolute Gasteiger partial charge is 0.479 e. The Morgan fingerprint density at radius 3 is 1.86 bits per heavy atom. The van der Waals surface area contributed by atoms with E-state index in [0.717, 1.165) is 0 Å². The molecule has 0 aliphatic heterocycles. The molecule has 44 valence electrons. The molecule has 0 aliphatic carbocycles. The number of rotatable bonds is 1. The molecule has 0 fully saturated rings. The number of hydrogen-bond acceptors (Lipinski definition) is 3. The van der Waals surface area contributed by atoms with Crippen molar-refractivity contribution in [3.05, 3.63) is 0 Å². The van der Waals surface area contributed by atoms with Crippen molar-refractivity contribution in [3.8, 4) is 0 Å². The zero-order valence-corrected chi connectivity index (χ0v) is 4.09. The van der Waals surface area contributed by atoms with E-state index in [4.69, 9.17) is 10.2 Å². The summed E-state index contributed by atoms with van der Waals surface area (Å²) in [5, 5.41) is 15.8. The Balaban J connectivity index is 0. The van der Waals surface area contributed by atoms with Gasteiger partial charge in [0.25, 0.3) is 0 Å². The molecule has 7 heavy (non-hydrogen) atoms. The molecule has 0 radical (unpaired) electrons. The van der Waals surface area contributed by atoms with Crippen LogP contribution in [0.2, 0.25) is 0 Å². The number of aliphatic hydroxyl groups excluding tert-OH is 1. The van der Waals surface area contributed by atoms with Crippen LogP contribution in [0.4, 0.5) is 0 Å². The lowest BCUT2D eigenvalue weighted by Crippen LogP contribution is -2.13. The summed E-state index contributed by atoms with van der Waals surface area (Å²) in [5.74, 6) is -1.19. The lowest BCUT2D eigenvalue weighted by Gasteiger charge is -1.89. The van der Waals surface area contributed by atoms with Crippen molar-refractivity contribution in [1.82, 2.24) is 6.15 Å². The van der Waals surface area contributed by atoms with Crippen LogP contribution in [0.25, 0.3) is 0 Å². The summed E-state index contributed by atoms with van der Waals surface area (Å²) in [6.07, 6.45) is -1.23. The summed E-state index contributed by atoms with van der Waals surface area (Å²) in [6.45, 7) is 1.20. The van der Waals surface area contributed by atoms with Crippen molar-refractivity contribution in [3.63, 3.8) is 0 Å². The molecule has 0 bridgehead atoms. The van der Waals surface area contributed by atoms with Gasteiger partial charge >= 0.3 is 5.97 Å². The van der Waals surface area contributed by atoms with Gasteiger partial charge in [0.15, 0.2) is 0 Å². The Hall–Kier alpha value is -0.610. The molecule has 0 spiro atoms. The van der Waals surface area contributed by atoms with Crippen LogP contribution in [0.1, 0.15) is 6.92 Å². The molecule has 0 saturated carbocycles. The Labute approximate surface area is 41.4 Å². The second-order valence-corrected chi connectivity index (χ2v) is 1.01. The summed E-state index contributed by atoms with van der Waals surface area (Å²) in [6, 6.07) is 0. The third-order valence-electron chi connectivity index (χ3n) is 0.357. The predicted octanol–water partition coefficient (Wildman–Crippen LogP) is -0.386. The van der Waals surface area contributed by atoms with E-state index in [9.17, 15) is 4.79 Å². The smallest absolute Gasteiger partial charge is 0.332 e. The summed E-state index contributed by atoms with van der Waals surface area (Å²) >= 11 is 0. The fraction of sp³-hybridized carbons (Fsp3) is 0.667. The number of aliphatic hydroxyl groups is 1. The first-order valence-corrected chi connectivity index (χ1v) is 1.55. The van der Waals surface area contributed by atoms with Gasteiger partial charge in [-0.2, -0.15) is 0 Å². The Kier molecular flexibility index (Phi) is 4.92. The molecular formula is C3H9NO3. The highest BCUT2D eigenvalue weighted by Crippen LogP contribution is 1.73. The van der Waals surface area contributed by atoms with Crippen molar-refractivity contribution in [1.29, 1.82) is 0 Å². The van der Waals surface area contributed by atoms with Crippen molar-refractivity contribution in [2.75, 3.05) is 0 Å². The first-order chi connectivity index (χ1) is 2.64. The van der Waals surface area contributed by atoms with Gasteiger partial charge < -0.3 is 16.4 Å². The average Bonchev–Trinajstić information content (AvgIpc) is 1.36. The highest BCUT2D eigenvalue weighted by Gasteiger charge is 2.01. The van der Waals surface area contributed by atoms with E-state index in [2.05, 4.69) is 0 Å². The van der Waals surface area contributed by atoms with E-state index in [1.807, 2.05) is 0 Å². The number of hydrogen-bond donors (Lipinski definition) is 3. The topological polar surface area (TPSA) is 92.5 Å². The quantitative estimate of drug-likeness (QED) is 0.425. The highest BCUT2D eigenvalue weighted by molar-refractivity contribution is 5.71. The Morgan fingerprint density at radius 2 is 1.86 bits per heavy atom. The summed E-state index contributed by atoms with van der Waals surface area (Å²) in [7, 11) is 0. The zero-order valence-electron chi connectivity index (χ0n) is 4.09. The normalized spacial score (nSPS) is 11.7. The number of aliphatic carboxylic acids is 1. The Morgan fingerprint density at radius 1 is 1.71 bits per heavy atom. The number of carboxylic acid groups (broad SMARTS) is 1. The van der Waals surface area contributed by atoms with Gasteiger partial charge in [-0.25, -0.2) is 4.79 Å². The van der Waals surface area contributed by atoms with Gasteiger partial charge in [-0.15, -0.1) is 0 Å². The number of carboxylic acids is 1. The molecule has 0 aliphatic rings. The number of carbonyl (C=O) groups is 1.